The smallest absolute Gasteiger partial charge is 0.227 e. The van der Waals surface area contributed by atoms with Gasteiger partial charge in [-0.15, -0.1) is 0 Å². The molecule has 0 unspecified atom stereocenters. The van der Waals surface area contributed by atoms with Crippen molar-refractivity contribution in [3.05, 3.63) is 60.7 Å². The second kappa shape index (κ2) is 7.88. The molecule has 2 aromatic carbocycles. The maximum Gasteiger partial charge on any atom is 0.227 e. The number of rotatable bonds is 4. The molecule has 0 amide bonds. The van der Waals surface area contributed by atoms with Crippen molar-refractivity contribution in [3.63, 3.8) is 0 Å². The number of aryl methyl sites for hydroxylation is 1. The van der Waals surface area contributed by atoms with Crippen LogP contribution in [-0.4, -0.2) is 40.8 Å². The average molecular weight is 418 g/mol. The normalized spacial score (nSPS) is 14.2. The lowest BCUT2D eigenvalue weighted by Gasteiger charge is -2.28. The number of hydrogen-bond donors (Lipinski definition) is 2. The molecule has 2 aromatic heterocycles. The minimum atomic E-state index is -0.474. The van der Waals surface area contributed by atoms with E-state index in [4.69, 9.17) is 10.5 Å². The van der Waals surface area contributed by atoms with Gasteiger partial charge in [-0.25, -0.2) is 14.4 Å². The summed E-state index contributed by atoms with van der Waals surface area (Å²) in [5.41, 5.74) is 10.4. The van der Waals surface area contributed by atoms with Gasteiger partial charge in [0, 0.05) is 54.3 Å². The number of benzene rings is 2. The molecule has 8 heteroatoms. The summed E-state index contributed by atoms with van der Waals surface area (Å²) in [6.07, 6.45) is 3.05. The number of nitrogens with one attached hydrogen (secondary N) is 1. The van der Waals surface area contributed by atoms with Gasteiger partial charge in [0.05, 0.1) is 24.9 Å². The van der Waals surface area contributed by atoms with Gasteiger partial charge in [0.15, 0.2) is 5.82 Å². The highest BCUT2D eigenvalue weighted by Gasteiger charge is 2.16. The number of nitrogens with zero attached hydrogens (tertiary/aromatic N) is 4. The third kappa shape index (κ3) is 3.77. The van der Waals surface area contributed by atoms with E-state index in [9.17, 15) is 4.39 Å². The maximum atomic E-state index is 14.7. The Hall–Kier alpha value is -3.65. The molecule has 0 atom stereocenters. The van der Waals surface area contributed by atoms with Gasteiger partial charge >= 0.3 is 0 Å². The van der Waals surface area contributed by atoms with Gasteiger partial charge in [0.2, 0.25) is 5.95 Å². The second-order valence-electron chi connectivity index (χ2n) is 7.59. The van der Waals surface area contributed by atoms with E-state index in [1.54, 1.807) is 6.07 Å². The molecule has 0 bridgehead atoms. The van der Waals surface area contributed by atoms with Crippen molar-refractivity contribution < 1.29 is 9.13 Å². The summed E-state index contributed by atoms with van der Waals surface area (Å²) < 4.78 is 22.0. The zero-order valence-corrected chi connectivity index (χ0v) is 17.2. The fourth-order valence-electron chi connectivity index (χ4n) is 3.91. The Kier molecular flexibility index (Phi) is 4.91. The number of anilines is 4. The zero-order chi connectivity index (χ0) is 21.4. The van der Waals surface area contributed by atoms with Crippen LogP contribution in [0.5, 0.6) is 0 Å². The molecule has 0 saturated carbocycles. The lowest BCUT2D eigenvalue weighted by molar-refractivity contribution is 0.122. The van der Waals surface area contributed by atoms with Crippen LogP contribution in [0.4, 0.5) is 27.4 Å². The monoisotopic (exact) mass is 418 g/mol. The van der Waals surface area contributed by atoms with Gasteiger partial charge in [0.25, 0.3) is 0 Å². The summed E-state index contributed by atoms with van der Waals surface area (Å²) in [6, 6.07) is 13.6. The lowest BCUT2D eigenvalue weighted by Crippen LogP contribution is -2.36. The van der Waals surface area contributed by atoms with Crippen LogP contribution in [0.1, 0.15) is 0 Å². The van der Waals surface area contributed by atoms with Crippen LogP contribution in [0.2, 0.25) is 0 Å². The molecule has 158 valence electrons. The predicted octanol–water partition coefficient (Wildman–Crippen LogP) is 3.94. The SMILES string of the molecule is Cn1cc(-c2nc(Nc3ccc(N4CCOCC4)cc3)ncc2F)c2ccc(N)cc21. The lowest BCUT2D eigenvalue weighted by atomic mass is 10.1. The Labute approximate surface area is 179 Å². The predicted molar refractivity (Wildman–Crippen MR) is 121 cm³/mol. The van der Waals surface area contributed by atoms with Crippen molar-refractivity contribution in [1.29, 1.82) is 0 Å². The summed E-state index contributed by atoms with van der Waals surface area (Å²) in [6.45, 7) is 3.25. The van der Waals surface area contributed by atoms with Crippen molar-refractivity contribution in [3.8, 4) is 11.3 Å². The van der Waals surface area contributed by atoms with Gasteiger partial charge in [-0.05, 0) is 36.4 Å². The van der Waals surface area contributed by atoms with Gasteiger partial charge in [-0.2, -0.15) is 0 Å². The number of nitrogen functional groups attached to an aromatic ring is 1. The fourth-order valence-corrected chi connectivity index (χ4v) is 3.91. The van der Waals surface area contributed by atoms with Crippen LogP contribution in [0.3, 0.4) is 0 Å². The molecule has 1 saturated heterocycles. The molecule has 1 aliphatic rings. The number of halogens is 1. The topological polar surface area (TPSA) is 81.2 Å². The first-order valence-electron chi connectivity index (χ1n) is 10.2. The molecular weight excluding hydrogens is 395 g/mol. The summed E-state index contributed by atoms with van der Waals surface area (Å²) in [5.74, 6) is -0.138. The minimum Gasteiger partial charge on any atom is -0.399 e. The Bertz CT molecular complexity index is 1230. The molecule has 7 nitrogen and oxygen atoms in total. The van der Waals surface area contributed by atoms with E-state index in [2.05, 4.69) is 20.2 Å². The standard InChI is InChI=1S/C23H23FN6O/c1-29-14-19(18-7-2-15(25)12-21(18)29)22-20(24)13-26-23(28-22)27-16-3-5-17(6-4-16)30-8-10-31-11-9-30/h2-7,12-14H,8-11,25H2,1H3,(H,26,27,28). The van der Waals surface area contributed by atoms with Gasteiger partial charge in [-0.3, -0.25) is 0 Å². The Morgan fingerprint density at radius 3 is 2.65 bits per heavy atom. The molecule has 1 fully saturated rings. The zero-order valence-electron chi connectivity index (χ0n) is 17.2. The highest BCUT2D eigenvalue weighted by molar-refractivity contribution is 5.96. The third-order valence-corrected chi connectivity index (χ3v) is 5.51. The summed E-state index contributed by atoms with van der Waals surface area (Å²) in [4.78, 5) is 10.9. The number of morpholine rings is 1. The molecule has 4 aromatic rings. The first-order valence-corrected chi connectivity index (χ1v) is 10.2. The van der Waals surface area contributed by atoms with Crippen LogP contribution in [0, 0.1) is 5.82 Å². The summed E-state index contributed by atoms with van der Waals surface area (Å²) in [7, 11) is 1.90. The number of aromatic nitrogens is 3. The van der Waals surface area contributed by atoms with E-state index in [0.717, 1.165) is 48.6 Å². The maximum absolute atomic E-state index is 14.7. The molecular formula is C23H23FN6O. The summed E-state index contributed by atoms with van der Waals surface area (Å²) in [5, 5.41) is 4.06. The quantitative estimate of drug-likeness (QED) is 0.489. The van der Waals surface area contributed by atoms with Crippen molar-refractivity contribution in [2.45, 2.75) is 0 Å². The molecule has 1 aliphatic heterocycles. The fraction of sp³-hybridized carbons (Fsp3) is 0.217. The van der Waals surface area contributed by atoms with Crippen LogP contribution < -0.4 is 16.0 Å². The van der Waals surface area contributed by atoms with Crippen molar-refractivity contribution >= 4 is 33.9 Å². The van der Waals surface area contributed by atoms with Crippen molar-refractivity contribution in [1.82, 2.24) is 14.5 Å². The highest BCUT2D eigenvalue weighted by Crippen LogP contribution is 2.32. The first kappa shape index (κ1) is 19.3. The van der Waals surface area contributed by atoms with Crippen molar-refractivity contribution in [2.24, 2.45) is 7.05 Å². The van der Waals surface area contributed by atoms with E-state index in [0.29, 0.717) is 17.2 Å². The van der Waals surface area contributed by atoms with E-state index in [-0.39, 0.29) is 5.69 Å². The van der Waals surface area contributed by atoms with E-state index in [1.165, 1.54) is 6.20 Å². The molecule has 3 N–H and O–H groups in total. The molecule has 0 aliphatic carbocycles. The minimum absolute atomic E-state index is 0.248. The Balaban J connectivity index is 1.43. The van der Waals surface area contributed by atoms with Gasteiger partial charge in [0.1, 0.15) is 5.69 Å². The van der Waals surface area contributed by atoms with Crippen LogP contribution in [0.25, 0.3) is 22.2 Å². The second-order valence-corrected chi connectivity index (χ2v) is 7.59. The van der Waals surface area contributed by atoms with Gasteiger partial charge < -0.3 is 25.3 Å². The van der Waals surface area contributed by atoms with Crippen LogP contribution in [0.15, 0.2) is 54.9 Å². The van der Waals surface area contributed by atoms with Gasteiger partial charge in [-0.1, -0.05) is 6.07 Å². The molecule has 31 heavy (non-hydrogen) atoms. The van der Waals surface area contributed by atoms with E-state index >= 15 is 0 Å². The number of nitrogens with two attached hydrogens (primary N) is 1. The Morgan fingerprint density at radius 1 is 1.10 bits per heavy atom. The molecule has 0 radical (unpaired) electrons. The first-order chi connectivity index (χ1) is 15.1. The van der Waals surface area contributed by atoms with Crippen LogP contribution >= 0.6 is 0 Å². The highest BCUT2D eigenvalue weighted by atomic mass is 19.1. The van der Waals surface area contributed by atoms with E-state index < -0.39 is 5.82 Å². The number of hydrogen-bond acceptors (Lipinski definition) is 6. The molecule has 5 rings (SSSR count). The van der Waals surface area contributed by atoms with Crippen molar-refractivity contribution in [2.75, 3.05) is 42.3 Å². The van der Waals surface area contributed by atoms with Crippen LogP contribution in [-0.2, 0) is 11.8 Å². The largest absolute Gasteiger partial charge is 0.399 e. The molecule has 0 spiro atoms. The van der Waals surface area contributed by atoms with E-state index in [1.807, 2.05) is 54.2 Å². The Morgan fingerprint density at radius 2 is 1.87 bits per heavy atom. The average Bonchev–Trinajstić information content (AvgIpc) is 3.12. The summed E-state index contributed by atoms with van der Waals surface area (Å²) >= 11 is 0. The molecule has 3 heterocycles. The third-order valence-electron chi connectivity index (χ3n) is 5.51. The number of ether oxygens (including phenoxy) is 1. The number of fused-ring (bicyclic) bond motifs is 1.